The fourth-order valence-corrected chi connectivity index (χ4v) is 4.21. The van der Waals surface area contributed by atoms with E-state index in [9.17, 15) is 23.1 Å². The molecule has 1 saturated heterocycles. The molecule has 4 nitrogen and oxygen atoms in total. The first-order valence-electron chi connectivity index (χ1n) is 9.82. The van der Waals surface area contributed by atoms with Crippen molar-refractivity contribution < 1.29 is 28.2 Å². The summed E-state index contributed by atoms with van der Waals surface area (Å²) < 4.78 is 38.4. The van der Waals surface area contributed by atoms with Gasteiger partial charge in [-0.1, -0.05) is 30.4 Å². The summed E-state index contributed by atoms with van der Waals surface area (Å²) in [5.41, 5.74) is -0.314. The van der Waals surface area contributed by atoms with Gasteiger partial charge in [-0.2, -0.15) is 24.9 Å². The Kier molecular flexibility index (Phi) is 9.52. The fraction of sp³-hybridized carbons (Fsp3) is 0.571. The van der Waals surface area contributed by atoms with E-state index in [1.54, 1.807) is 34.9 Å². The molecule has 1 aliphatic heterocycles. The van der Waals surface area contributed by atoms with Crippen LogP contribution in [-0.2, 0) is 17.4 Å². The quantitative estimate of drug-likeness (QED) is 0.415. The van der Waals surface area contributed by atoms with Crippen molar-refractivity contribution in [1.82, 2.24) is 4.90 Å². The highest BCUT2D eigenvalue weighted by Crippen LogP contribution is 2.29. The van der Waals surface area contributed by atoms with Crippen LogP contribution in [-0.4, -0.2) is 57.8 Å². The van der Waals surface area contributed by atoms with Gasteiger partial charge in [-0.3, -0.25) is 4.79 Å². The third-order valence-electron chi connectivity index (χ3n) is 4.80. The Hall–Kier alpha value is -1.51. The molecule has 1 fully saturated rings. The molecule has 0 aliphatic carbocycles. The minimum Gasteiger partial charge on any atom is -0.396 e. The Bertz CT molecular complexity index is 681. The van der Waals surface area contributed by atoms with E-state index in [1.807, 2.05) is 0 Å². The summed E-state index contributed by atoms with van der Waals surface area (Å²) >= 11 is 1.74. The Morgan fingerprint density at radius 2 is 2.07 bits per heavy atom. The number of hydrogen-bond donors (Lipinski definition) is 2. The second-order valence-electron chi connectivity index (χ2n) is 7.09. The van der Waals surface area contributed by atoms with Gasteiger partial charge in [0, 0.05) is 31.7 Å². The van der Waals surface area contributed by atoms with Crippen LogP contribution in [0.4, 0.5) is 13.2 Å². The van der Waals surface area contributed by atoms with Crippen LogP contribution in [0.1, 0.15) is 36.8 Å². The minimum absolute atomic E-state index is 0.0851. The second kappa shape index (κ2) is 11.6. The van der Waals surface area contributed by atoms with Crippen LogP contribution in [0, 0.1) is 0 Å². The smallest absolute Gasteiger partial charge is 0.396 e. The lowest BCUT2D eigenvalue weighted by Gasteiger charge is -2.22. The van der Waals surface area contributed by atoms with Crippen LogP contribution < -0.4 is 0 Å². The van der Waals surface area contributed by atoms with Crippen molar-refractivity contribution in [3.8, 4) is 0 Å². The number of rotatable bonds is 11. The number of aliphatic hydroxyl groups is 2. The van der Waals surface area contributed by atoms with Gasteiger partial charge in [0.05, 0.1) is 17.7 Å². The number of aliphatic hydroxyl groups excluding tert-OH is 2. The molecular formula is C21H28F3NO3S. The SMILES string of the molecule is O=C1CC[C@H](C=C[C@@H](O)Cc2cccc(C(F)(F)F)c2)N1CCSCCCCO. The molecule has 1 aromatic rings. The summed E-state index contributed by atoms with van der Waals surface area (Å²) in [5.74, 6) is 1.84. The average molecular weight is 432 g/mol. The monoisotopic (exact) mass is 431 g/mol. The standard InChI is InChI=1S/C21H28F3NO3S/c22-21(23,24)17-5-3-4-16(14-17)15-19(27)8-6-18-7-9-20(28)25(18)10-13-29-12-2-1-11-26/h3-6,8,14,18-19,26-27H,1-2,7,9-13,15H2/t18-,19+/m0/s1. The van der Waals surface area contributed by atoms with Crippen LogP contribution in [0.25, 0.3) is 0 Å². The second-order valence-corrected chi connectivity index (χ2v) is 8.32. The fourth-order valence-electron chi connectivity index (χ4n) is 3.27. The van der Waals surface area contributed by atoms with Crippen LogP contribution in [0.5, 0.6) is 0 Å². The zero-order valence-electron chi connectivity index (χ0n) is 16.3. The molecule has 0 radical (unpaired) electrons. The third-order valence-corrected chi connectivity index (χ3v) is 5.85. The Morgan fingerprint density at radius 1 is 1.28 bits per heavy atom. The number of thioether (sulfide) groups is 1. The molecule has 0 aromatic heterocycles. The van der Waals surface area contributed by atoms with Gasteiger partial charge in [-0.05, 0) is 36.6 Å². The minimum atomic E-state index is -4.41. The van der Waals surface area contributed by atoms with Crippen LogP contribution >= 0.6 is 11.8 Å². The maximum absolute atomic E-state index is 12.8. The Balaban J connectivity index is 1.84. The molecule has 1 aliphatic rings. The number of carbonyl (C=O) groups is 1. The lowest BCUT2D eigenvalue weighted by Crippen LogP contribution is -2.34. The number of hydrogen-bond acceptors (Lipinski definition) is 4. The number of unbranched alkanes of at least 4 members (excludes halogenated alkanes) is 1. The predicted octanol–water partition coefficient (Wildman–Crippen LogP) is 3.66. The average Bonchev–Trinajstić information content (AvgIpc) is 3.02. The van der Waals surface area contributed by atoms with E-state index >= 15 is 0 Å². The van der Waals surface area contributed by atoms with E-state index in [1.165, 1.54) is 6.07 Å². The molecule has 29 heavy (non-hydrogen) atoms. The van der Waals surface area contributed by atoms with Gasteiger partial charge in [0.15, 0.2) is 0 Å². The van der Waals surface area contributed by atoms with Crippen molar-refractivity contribution in [2.45, 2.75) is 50.4 Å². The number of halogens is 3. The van der Waals surface area contributed by atoms with E-state index in [0.717, 1.165) is 36.5 Å². The zero-order chi connectivity index (χ0) is 21.3. The van der Waals surface area contributed by atoms with E-state index in [0.29, 0.717) is 24.9 Å². The molecule has 162 valence electrons. The maximum Gasteiger partial charge on any atom is 0.416 e. The molecular weight excluding hydrogens is 403 g/mol. The first-order valence-corrected chi connectivity index (χ1v) is 11.0. The zero-order valence-corrected chi connectivity index (χ0v) is 17.1. The number of alkyl halides is 3. The molecule has 0 spiro atoms. The normalized spacial score (nSPS) is 18.7. The highest BCUT2D eigenvalue weighted by molar-refractivity contribution is 7.99. The summed E-state index contributed by atoms with van der Waals surface area (Å²) in [6.07, 6.45) is 1.01. The summed E-state index contributed by atoms with van der Waals surface area (Å²) in [4.78, 5) is 13.9. The maximum atomic E-state index is 12.8. The first-order chi connectivity index (χ1) is 13.8. The van der Waals surface area contributed by atoms with Gasteiger partial charge in [-0.15, -0.1) is 0 Å². The van der Waals surface area contributed by atoms with Gasteiger partial charge in [-0.25, -0.2) is 0 Å². The van der Waals surface area contributed by atoms with Crippen LogP contribution in [0.15, 0.2) is 36.4 Å². The summed E-state index contributed by atoms with van der Waals surface area (Å²) in [6, 6.07) is 4.87. The van der Waals surface area contributed by atoms with Gasteiger partial charge >= 0.3 is 6.18 Å². The van der Waals surface area contributed by atoms with E-state index in [2.05, 4.69) is 0 Å². The Labute approximate surface area is 173 Å². The molecule has 1 amide bonds. The van der Waals surface area contributed by atoms with Gasteiger partial charge < -0.3 is 15.1 Å². The van der Waals surface area contributed by atoms with Crippen LogP contribution in [0.3, 0.4) is 0 Å². The van der Waals surface area contributed by atoms with Crippen molar-refractivity contribution in [2.24, 2.45) is 0 Å². The summed E-state index contributed by atoms with van der Waals surface area (Å²) in [6.45, 7) is 0.822. The van der Waals surface area contributed by atoms with Crippen molar-refractivity contribution in [3.63, 3.8) is 0 Å². The molecule has 8 heteroatoms. The highest BCUT2D eigenvalue weighted by atomic mass is 32.2. The number of benzene rings is 1. The molecule has 0 bridgehead atoms. The molecule has 2 N–H and O–H groups in total. The number of likely N-dealkylation sites (tertiary alicyclic amines) is 1. The van der Waals surface area contributed by atoms with Crippen LogP contribution in [0.2, 0.25) is 0 Å². The van der Waals surface area contributed by atoms with Gasteiger partial charge in [0.1, 0.15) is 0 Å². The predicted molar refractivity (Wildman–Crippen MR) is 109 cm³/mol. The van der Waals surface area contributed by atoms with E-state index in [-0.39, 0.29) is 25.0 Å². The van der Waals surface area contributed by atoms with Gasteiger partial charge in [0.25, 0.3) is 0 Å². The van der Waals surface area contributed by atoms with Crippen molar-refractivity contribution in [3.05, 3.63) is 47.5 Å². The van der Waals surface area contributed by atoms with E-state index < -0.39 is 17.8 Å². The molecule has 2 rings (SSSR count). The molecule has 0 unspecified atom stereocenters. The molecule has 1 aromatic carbocycles. The summed E-state index contributed by atoms with van der Waals surface area (Å²) in [7, 11) is 0. The number of nitrogens with zero attached hydrogens (tertiary/aromatic N) is 1. The van der Waals surface area contributed by atoms with Crippen molar-refractivity contribution >= 4 is 17.7 Å². The van der Waals surface area contributed by atoms with Crippen molar-refractivity contribution in [2.75, 3.05) is 24.7 Å². The molecule has 2 atom stereocenters. The van der Waals surface area contributed by atoms with Crippen molar-refractivity contribution in [1.29, 1.82) is 0 Å². The lowest BCUT2D eigenvalue weighted by atomic mass is 10.0. The molecule has 1 heterocycles. The third kappa shape index (κ3) is 8.03. The largest absolute Gasteiger partial charge is 0.416 e. The first kappa shape index (κ1) is 23.8. The summed E-state index contributed by atoms with van der Waals surface area (Å²) in [5, 5.41) is 19.0. The lowest BCUT2D eigenvalue weighted by molar-refractivity contribution is -0.137. The van der Waals surface area contributed by atoms with E-state index in [4.69, 9.17) is 5.11 Å². The number of carbonyl (C=O) groups excluding carboxylic acids is 1. The van der Waals surface area contributed by atoms with Gasteiger partial charge in [0.2, 0.25) is 5.91 Å². The number of amides is 1. The molecule has 0 saturated carbocycles. The Morgan fingerprint density at radius 3 is 2.79 bits per heavy atom. The highest BCUT2D eigenvalue weighted by Gasteiger charge is 2.30. The topological polar surface area (TPSA) is 60.8 Å².